The van der Waals surface area contributed by atoms with Crippen molar-refractivity contribution in [1.82, 2.24) is 4.72 Å². The molecule has 1 amide bonds. The number of carbonyl (C=O) groups is 1. The van der Waals surface area contributed by atoms with Gasteiger partial charge in [-0.3, -0.25) is 4.79 Å². The molecule has 3 rings (SSSR count). The van der Waals surface area contributed by atoms with E-state index in [1.54, 1.807) is 12.1 Å². The van der Waals surface area contributed by atoms with Crippen molar-refractivity contribution in [3.63, 3.8) is 0 Å². The van der Waals surface area contributed by atoms with E-state index >= 15 is 0 Å². The van der Waals surface area contributed by atoms with Crippen LogP contribution in [0, 0.1) is 0 Å². The van der Waals surface area contributed by atoms with Crippen LogP contribution in [0.15, 0.2) is 77.7 Å². The van der Waals surface area contributed by atoms with Crippen LogP contribution in [0.4, 0.5) is 5.69 Å². The average Bonchev–Trinajstić information content (AvgIpc) is 2.74. The third-order valence-electron chi connectivity index (χ3n) is 4.23. The number of nitrogens with one attached hydrogen (secondary N) is 2. The molecule has 6 nitrogen and oxygen atoms in total. The van der Waals surface area contributed by atoms with Crippen molar-refractivity contribution >= 4 is 21.6 Å². The monoisotopic (exact) mass is 396 g/mol. The molecule has 0 saturated carbocycles. The maximum atomic E-state index is 12.6. The first-order valence-corrected chi connectivity index (χ1v) is 10.0. The number of carbonyl (C=O) groups excluding carboxylic acids is 1. The van der Waals surface area contributed by atoms with E-state index < -0.39 is 15.9 Å². The Morgan fingerprint density at radius 2 is 1.54 bits per heavy atom. The maximum absolute atomic E-state index is 12.6. The Morgan fingerprint density at radius 3 is 2.14 bits per heavy atom. The van der Waals surface area contributed by atoms with Crippen molar-refractivity contribution in [2.24, 2.45) is 0 Å². The highest BCUT2D eigenvalue weighted by Crippen LogP contribution is 2.26. The molecule has 0 aromatic heterocycles. The highest BCUT2D eigenvalue weighted by Gasteiger charge is 2.20. The minimum absolute atomic E-state index is 0.0930. The molecular formula is C21H20N2O4S. The Kier molecular flexibility index (Phi) is 5.77. The highest BCUT2D eigenvalue weighted by atomic mass is 32.2. The molecule has 0 spiro atoms. The van der Waals surface area contributed by atoms with Crippen LogP contribution in [0.2, 0.25) is 0 Å². The summed E-state index contributed by atoms with van der Waals surface area (Å²) < 4.78 is 31.6. The van der Waals surface area contributed by atoms with E-state index in [9.17, 15) is 13.2 Å². The third kappa shape index (κ3) is 4.21. The van der Waals surface area contributed by atoms with Crippen LogP contribution >= 0.6 is 0 Å². The van der Waals surface area contributed by atoms with Gasteiger partial charge in [-0.25, -0.2) is 13.1 Å². The van der Waals surface area contributed by atoms with E-state index in [1.807, 2.05) is 42.5 Å². The number of benzene rings is 3. The number of hydrogen-bond donors (Lipinski definition) is 2. The number of ether oxygens (including phenoxy) is 1. The molecule has 144 valence electrons. The average molecular weight is 396 g/mol. The molecule has 0 bridgehead atoms. The second kappa shape index (κ2) is 8.24. The number of hydrogen-bond acceptors (Lipinski definition) is 4. The van der Waals surface area contributed by atoms with Gasteiger partial charge in [0, 0.05) is 11.3 Å². The van der Waals surface area contributed by atoms with Gasteiger partial charge in [-0.05, 0) is 48.5 Å². The highest BCUT2D eigenvalue weighted by molar-refractivity contribution is 7.89. The molecule has 0 aliphatic rings. The Labute approximate surface area is 164 Å². The van der Waals surface area contributed by atoms with E-state index in [0.717, 1.165) is 11.1 Å². The van der Waals surface area contributed by atoms with Crippen molar-refractivity contribution in [1.29, 1.82) is 0 Å². The molecule has 0 atom stereocenters. The van der Waals surface area contributed by atoms with Gasteiger partial charge in [0.05, 0.1) is 7.11 Å². The van der Waals surface area contributed by atoms with Crippen molar-refractivity contribution in [3.05, 3.63) is 78.4 Å². The number of rotatable bonds is 6. The van der Waals surface area contributed by atoms with Gasteiger partial charge in [0.1, 0.15) is 10.6 Å². The molecule has 0 unspecified atom stereocenters. The van der Waals surface area contributed by atoms with E-state index in [0.29, 0.717) is 5.69 Å². The number of methoxy groups -OCH3 is 1. The zero-order valence-corrected chi connectivity index (χ0v) is 16.3. The molecule has 28 heavy (non-hydrogen) atoms. The topological polar surface area (TPSA) is 84.5 Å². The fourth-order valence-electron chi connectivity index (χ4n) is 2.72. The molecule has 7 heteroatoms. The predicted molar refractivity (Wildman–Crippen MR) is 109 cm³/mol. The van der Waals surface area contributed by atoms with Crippen molar-refractivity contribution in [3.8, 4) is 16.9 Å². The van der Waals surface area contributed by atoms with Gasteiger partial charge in [-0.15, -0.1) is 0 Å². The van der Waals surface area contributed by atoms with Crippen LogP contribution in [-0.2, 0) is 10.0 Å². The normalized spacial score (nSPS) is 11.1. The SMILES string of the molecule is CNS(=O)(=O)c1cc(C(=O)Nc2ccc(-c3ccccc3)cc2)ccc1OC. The smallest absolute Gasteiger partial charge is 0.255 e. The molecule has 0 heterocycles. The standard InChI is InChI=1S/C21H20N2O4S/c1-22-28(25,26)20-14-17(10-13-19(20)27-2)21(24)23-18-11-8-16(9-12-18)15-6-4-3-5-7-15/h3-14,22H,1-2H3,(H,23,24). The van der Waals surface area contributed by atoms with Crippen LogP contribution in [0.5, 0.6) is 5.75 Å². The Balaban J connectivity index is 1.82. The number of sulfonamides is 1. The minimum atomic E-state index is -3.76. The lowest BCUT2D eigenvalue weighted by molar-refractivity contribution is 0.102. The van der Waals surface area contributed by atoms with Crippen LogP contribution < -0.4 is 14.8 Å². The van der Waals surface area contributed by atoms with Gasteiger partial charge in [0.2, 0.25) is 10.0 Å². The van der Waals surface area contributed by atoms with Gasteiger partial charge in [0.25, 0.3) is 5.91 Å². The summed E-state index contributed by atoms with van der Waals surface area (Å²) >= 11 is 0. The molecule has 0 radical (unpaired) electrons. The fourth-order valence-corrected chi connectivity index (χ4v) is 3.64. The van der Waals surface area contributed by atoms with Crippen LogP contribution in [-0.4, -0.2) is 28.5 Å². The predicted octanol–water partition coefficient (Wildman–Crippen LogP) is 3.52. The maximum Gasteiger partial charge on any atom is 0.255 e. The molecule has 0 fully saturated rings. The van der Waals surface area contributed by atoms with Gasteiger partial charge in [0.15, 0.2) is 0 Å². The van der Waals surface area contributed by atoms with E-state index in [4.69, 9.17) is 4.74 Å². The van der Waals surface area contributed by atoms with Gasteiger partial charge < -0.3 is 10.1 Å². The largest absolute Gasteiger partial charge is 0.495 e. The van der Waals surface area contributed by atoms with E-state index in [1.165, 1.54) is 32.4 Å². The van der Waals surface area contributed by atoms with Crippen molar-refractivity contribution in [2.45, 2.75) is 4.90 Å². The summed E-state index contributed by atoms with van der Waals surface area (Å²) in [5.41, 5.74) is 2.93. The second-order valence-electron chi connectivity index (χ2n) is 5.97. The second-order valence-corrected chi connectivity index (χ2v) is 7.83. The van der Waals surface area contributed by atoms with Crippen LogP contribution in [0.25, 0.3) is 11.1 Å². The number of anilines is 1. The first kappa shape index (κ1) is 19.6. The van der Waals surface area contributed by atoms with Gasteiger partial charge in [-0.1, -0.05) is 42.5 Å². The zero-order chi connectivity index (χ0) is 20.1. The molecule has 3 aromatic carbocycles. The van der Waals surface area contributed by atoms with Crippen molar-refractivity contribution < 1.29 is 17.9 Å². The first-order valence-electron chi connectivity index (χ1n) is 8.53. The van der Waals surface area contributed by atoms with E-state index in [2.05, 4.69) is 10.0 Å². The summed E-state index contributed by atoms with van der Waals surface area (Å²) in [5, 5.41) is 2.78. The molecule has 2 N–H and O–H groups in total. The molecule has 3 aromatic rings. The Hall–Kier alpha value is -3.16. The summed E-state index contributed by atoms with van der Waals surface area (Å²) in [6.07, 6.45) is 0. The summed E-state index contributed by atoms with van der Waals surface area (Å²) in [4.78, 5) is 12.5. The molecular weight excluding hydrogens is 376 g/mol. The fraction of sp³-hybridized carbons (Fsp3) is 0.0952. The van der Waals surface area contributed by atoms with Crippen LogP contribution in [0.3, 0.4) is 0 Å². The third-order valence-corrected chi connectivity index (χ3v) is 5.67. The minimum Gasteiger partial charge on any atom is -0.495 e. The van der Waals surface area contributed by atoms with Gasteiger partial charge >= 0.3 is 0 Å². The lowest BCUT2D eigenvalue weighted by Gasteiger charge is -2.11. The van der Waals surface area contributed by atoms with Gasteiger partial charge in [-0.2, -0.15) is 0 Å². The van der Waals surface area contributed by atoms with Crippen LogP contribution in [0.1, 0.15) is 10.4 Å². The first-order chi connectivity index (χ1) is 13.4. The summed E-state index contributed by atoms with van der Waals surface area (Å²) in [7, 11) is -1.09. The number of amides is 1. The van der Waals surface area contributed by atoms with Crippen molar-refractivity contribution in [2.75, 3.05) is 19.5 Å². The Bertz CT molecular complexity index is 1080. The summed E-state index contributed by atoms with van der Waals surface area (Å²) in [5.74, 6) is -0.249. The zero-order valence-electron chi connectivity index (χ0n) is 15.5. The lowest BCUT2D eigenvalue weighted by atomic mass is 10.1. The quantitative estimate of drug-likeness (QED) is 0.668. The van der Waals surface area contributed by atoms with E-state index in [-0.39, 0.29) is 16.2 Å². The Morgan fingerprint density at radius 1 is 0.893 bits per heavy atom. The molecule has 0 saturated heterocycles. The summed E-state index contributed by atoms with van der Waals surface area (Å²) in [6, 6.07) is 21.6. The summed E-state index contributed by atoms with van der Waals surface area (Å²) in [6.45, 7) is 0. The molecule has 0 aliphatic heterocycles. The lowest BCUT2D eigenvalue weighted by Crippen LogP contribution is -2.20. The molecule has 0 aliphatic carbocycles.